The van der Waals surface area contributed by atoms with Crippen molar-refractivity contribution in [3.8, 4) is 34.6 Å². The summed E-state index contributed by atoms with van der Waals surface area (Å²) in [6.45, 7) is 2.14. The number of hydrogen-bond acceptors (Lipinski definition) is 4. The monoisotopic (exact) mass is 669 g/mol. The second-order valence-corrected chi connectivity index (χ2v) is 13.9. The highest BCUT2D eigenvalue weighted by atomic mass is 15.3. The van der Waals surface area contributed by atoms with Crippen LogP contribution in [-0.4, -0.2) is 25.6 Å². The highest BCUT2D eigenvalue weighted by Crippen LogP contribution is 2.46. The van der Waals surface area contributed by atoms with E-state index in [2.05, 4.69) is 137 Å². The first-order chi connectivity index (χ1) is 25.7. The molecule has 0 saturated carbocycles. The fourth-order valence-corrected chi connectivity index (χ4v) is 8.09. The number of hydrogen-bond donors (Lipinski definition) is 0. The van der Waals surface area contributed by atoms with Gasteiger partial charge in [-0.25, -0.2) is 4.98 Å². The SMILES string of the molecule is CC1=CC=C(n2c3ccccc3c3cc(C4=CC5C(C=C4)C4=C(CCC=C4)N5c4nc(-c5ccccc5)nc(-c5ccccc5)n4)ccc32)C#CC1. The van der Waals surface area contributed by atoms with Crippen molar-refractivity contribution in [1.29, 1.82) is 0 Å². The highest BCUT2D eigenvalue weighted by molar-refractivity contribution is 6.11. The van der Waals surface area contributed by atoms with Crippen LogP contribution in [0.25, 0.3) is 55.9 Å². The van der Waals surface area contributed by atoms with Crippen molar-refractivity contribution in [2.75, 3.05) is 4.90 Å². The maximum absolute atomic E-state index is 5.19. The molecule has 4 aliphatic rings. The summed E-state index contributed by atoms with van der Waals surface area (Å²) < 4.78 is 2.32. The van der Waals surface area contributed by atoms with Crippen LogP contribution in [0.2, 0.25) is 0 Å². The molecule has 10 rings (SSSR count). The van der Waals surface area contributed by atoms with Gasteiger partial charge in [0.2, 0.25) is 5.95 Å². The summed E-state index contributed by atoms with van der Waals surface area (Å²) in [5, 5.41) is 2.44. The maximum atomic E-state index is 5.19. The van der Waals surface area contributed by atoms with Crippen LogP contribution >= 0.6 is 0 Å². The second-order valence-electron chi connectivity index (χ2n) is 13.9. The van der Waals surface area contributed by atoms with Crippen LogP contribution in [0, 0.1) is 17.8 Å². The maximum Gasteiger partial charge on any atom is 0.234 e. The first-order valence-electron chi connectivity index (χ1n) is 18.1. The minimum Gasteiger partial charge on any atom is -0.306 e. The number of anilines is 1. The molecule has 0 N–H and O–H groups in total. The van der Waals surface area contributed by atoms with E-state index in [9.17, 15) is 0 Å². The third kappa shape index (κ3) is 5.07. The van der Waals surface area contributed by atoms with E-state index < -0.39 is 0 Å². The summed E-state index contributed by atoms with van der Waals surface area (Å²) in [6, 6.07) is 36.0. The first kappa shape index (κ1) is 30.3. The molecule has 2 unspecified atom stereocenters. The van der Waals surface area contributed by atoms with Gasteiger partial charge in [-0.3, -0.25) is 0 Å². The van der Waals surface area contributed by atoms with Gasteiger partial charge >= 0.3 is 0 Å². The summed E-state index contributed by atoms with van der Waals surface area (Å²) in [7, 11) is 0. The molecule has 0 amide bonds. The Kier molecular flexibility index (Phi) is 7.21. The summed E-state index contributed by atoms with van der Waals surface area (Å²) in [6.07, 6.45) is 18.8. The molecule has 1 aliphatic heterocycles. The molecule has 0 saturated heterocycles. The summed E-state index contributed by atoms with van der Waals surface area (Å²) in [5.74, 6) is 9.05. The second kappa shape index (κ2) is 12.4. The molecule has 5 nitrogen and oxygen atoms in total. The smallest absolute Gasteiger partial charge is 0.234 e. The van der Waals surface area contributed by atoms with Gasteiger partial charge in [0.05, 0.1) is 22.8 Å². The Labute approximate surface area is 303 Å². The molecule has 4 aromatic carbocycles. The van der Waals surface area contributed by atoms with Crippen LogP contribution in [-0.2, 0) is 0 Å². The standard InChI is InChI=1S/C47H35N5/c1-31-13-12-18-36(26-23-31)51-41-21-10-9-20-38(41)40-29-34(25-28-43(40)51)35-24-27-39-37-19-8-11-22-42(37)52(44(39)30-35)47-49-45(32-14-4-2-5-15-32)48-46(50-47)33-16-6-3-7-17-33/h2-10,14-17,19-21,23-30,39,44H,11,13,22H2,1H3. The third-order valence-corrected chi connectivity index (χ3v) is 10.6. The molecule has 5 heteroatoms. The van der Waals surface area contributed by atoms with Crippen LogP contribution in [0.1, 0.15) is 31.7 Å². The van der Waals surface area contributed by atoms with Crippen molar-refractivity contribution in [1.82, 2.24) is 19.5 Å². The molecule has 0 bridgehead atoms. The number of nitrogens with zero attached hydrogens (tertiary/aromatic N) is 5. The number of fused-ring (bicyclic) bond motifs is 5. The van der Waals surface area contributed by atoms with Crippen LogP contribution in [0.5, 0.6) is 0 Å². The van der Waals surface area contributed by atoms with Gasteiger partial charge in [0.25, 0.3) is 0 Å². The van der Waals surface area contributed by atoms with Crippen molar-refractivity contribution >= 4 is 39.0 Å². The van der Waals surface area contributed by atoms with Gasteiger partial charge in [-0.15, -0.1) is 0 Å². The molecule has 0 fully saturated rings. The lowest BCUT2D eigenvalue weighted by molar-refractivity contribution is 0.670. The molecule has 248 valence electrons. The fourth-order valence-electron chi connectivity index (χ4n) is 8.09. The Morgan fingerprint density at radius 1 is 0.712 bits per heavy atom. The molecule has 2 aromatic heterocycles. The zero-order valence-electron chi connectivity index (χ0n) is 28.9. The van der Waals surface area contributed by atoms with E-state index in [4.69, 9.17) is 15.0 Å². The molecule has 2 atom stereocenters. The van der Waals surface area contributed by atoms with Crippen LogP contribution in [0.3, 0.4) is 0 Å². The number of benzene rings is 4. The Hall–Kier alpha value is -6.51. The highest BCUT2D eigenvalue weighted by Gasteiger charge is 2.41. The van der Waals surface area contributed by atoms with Gasteiger partial charge in [-0.05, 0) is 66.7 Å². The van der Waals surface area contributed by atoms with Gasteiger partial charge in [0.1, 0.15) is 0 Å². The average Bonchev–Trinajstić information content (AvgIpc) is 3.62. The minimum absolute atomic E-state index is 0.0286. The number of para-hydroxylation sites is 1. The van der Waals surface area contributed by atoms with Crippen molar-refractivity contribution in [3.05, 3.63) is 168 Å². The van der Waals surface area contributed by atoms with Gasteiger partial charge in [0.15, 0.2) is 11.6 Å². The van der Waals surface area contributed by atoms with Crippen LogP contribution in [0.15, 0.2) is 163 Å². The molecule has 3 aliphatic carbocycles. The van der Waals surface area contributed by atoms with E-state index in [-0.39, 0.29) is 12.0 Å². The molecule has 52 heavy (non-hydrogen) atoms. The van der Waals surface area contributed by atoms with Gasteiger partial charge in [-0.2, -0.15) is 9.97 Å². The van der Waals surface area contributed by atoms with E-state index >= 15 is 0 Å². The van der Waals surface area contributed by atoms with E-state index in [0.29, 0.717) is 17.6 Å². The van der Waals surface area contributed by atoms with E-state index in [1.165, 1.54) is 44.3 Å². The van der Waals surface area contributed by atoms with Crippen LogP contribution in [0.4, 0.5) is 5.95 Å². The van der Waals surface area contributed by atoms with E-state index in [1.54, 1.807) is 0 Å². The predicted octanol–water partition coefficient (Wildman–Crippen LogP) is 10.6. The van der Waals surface area contributed by atoms with Crippen molar-refractivity contribution in [2.45, 2.75) is 32.2 Å². The minimum atomic E-state index is 0.0286. The normalized spacial score (nSPS) is 19.1. The Morgan fingerprint density at radius 3 is 2.23 bits per heavy atom. The molecular formula is C47H35N5. The molecule has 0 spiro atoms. The lowest BCUT2D eigenvalue weighted by Crippen LogP contribution is -2.35. The van der Waals surface area contributed by atoms with Crippen LogP contribution < -0.4 is 4.90 Å². The summed E-state index contributed by atoms with van der Waals surface area (Å²) in [5.41, 5.74) is 11.6. The lowest BCUT2D eigenvalue weighted by Gasteiger charge is -2.30. The largest absolute Gasteiger partial charge is 0.306 e. The van der Waals surface area contributed by atoms with Gasteiger partial charge in [0, 0.05) is 39.9 Å². The lowest BCUT2D eigenvalue weighted by atomic mass is 9.85. The number of allylic oxidation sites excluding steroid dienone is 9. The average molecular weight is 670 g/mol. The zero-order valence-corrected chi connectivity index (χ0v) is 28.9. The molecule has 6 aromatic rings. The zero-order chi connectivity index (χ0) is 34.6. The number of aromatic nitrogens is 4. The molecule has 3 heterocycles. The first-order valence-corrected chi connectivity index (χ1v) is 18.1. The van der Waals surface area contributed by atoms with E-state index in [1.807, 2.05) is 36.4 Å². The summed E-state index contributed by atoms with van der Waals surface area (Å²) >= 11 is 0. The quantitative estimate of drug-likeness (QED) is 0.171. The predicted molar refractivity (Wildman–Crippen MR) is 213 cm³/mol. The van der Waals surface area contributed by atoms with Crippen molar-refractivity contribution < 1.29 is 0 Å². The van der Waals surface area contributed by atoms with Crippen molar-refractivity contribution in [2.24, 2.45) is 5.92 Å². The van der Waals surface area contributed by atoms with Gasteiger partial charge < -0.3 is 9.47 Å². The summed E-state index contributed by atoms with van der Waals surface area (Å²) in [4.78, 5) is 17.8. The van der Waals surface area contributed by atoms with Gasteiger partial charge in [-0.1, -0.05) is 133 Å². The topological polar surface area (TPSA) is 46.8 Å². The third-order valence-electron chi connectivity index (χ3n) is 10.6. The Bertz CT molecular complexity index is 2620. The molecular weight excluding hydrogens is 635 g/mol. The number of rotatable bonds is 5. The molecule has 0 radical (unpaired) electrons. The fraction of sp³-hybridized carbons (Fsp3) is 0.128. The van der Waals surface area contributed by atoms with Crippen molar-refractivity contribution in [3.63, 3.8) is 0 Å². The van der Waals surface area contributed by atoms with E-state index in [0.717, 1.165) is 41.6 Å². The Balaban J connectivity index is 1.11. The Morgan fingerprint density at radius 2 is 1.44 bits per heavy atom.